The summed E-state index contributed by atoms with van der Waals surface area (Å²) in [5.41, 5.74) is 6.96. The molecule has 0 aliphatic rings. The maximum absolute atomic E-state index is 12.7. The van der Waals surface area contributed by atoms with E-state index in [1.54, 1.807) is 18.2 Å². The van der Waals surface area contributed by atoms with Gasteiger partial charge in [-0.15, -0.1) is 0 Å². The van der Waals surface area contributed by atoms with Crippen LogP contribution in [0.5, 0.6) is 0 Å². The van der Waals surface area contributed by atoms with E-state index < -0.39 is 0 Å². The summed E-state index contributed by atoms with van der Waals surface area (Å²) in [5.74, 6) is 0.481. The van der Waals surface area contributed by atoms with Gasteiger partial charge in [0.1, 0.15) is 11.6 Å². The molecule has 1 unspecified atom stereocenters. The van der Waals surface area contributed by atoms with E-state index in [0.717, 1.165) is 11.3 Å². The van der Waals surface area contributed by atoms with Crippen LogP contribution < -0.4 is 5.73 Å². The third-order valence-electron chi connectivity index (χ3n) is 2.33. The second-order valence-corrected chi connectivity index (χ2v) is 4.36. The third kappa shape index (κ3) is 2.71. The van der Waals surface area contributed by atoms with Gasteiger partial charge in [0.2, 0.25) is 0 Å². The van der Waals surface area contributed by atoms with Crippen LogP contribution in [0.2, 0.25) is 0 Å². The number of furan rings is 1. The molecular weight excluding hydrogens is 273 g/mol. The lowest BCUT2D eigenvalue weighted by Crippen LogP contribution is -2.12. The van der Waals surface area contributed by atoms with Crippen LogP contribution in [0.3, 0.4) is 0 Å². The van der Waals surface area contributed by atoms with E-state index in [0.29, 0.717) is 11.1 Å². The van der Waals surface area contributed by atoms with Crippen molar-refractivity contribution in [2.24, 2.45) is 5.73 Å². The lowest BCUT2D eigenvalue weighted by Gasteiger charge is -2.08. The summed E-state index contributed by atoms with van der Waals surface area (Å²) in [6.45, 7) is 0. The molecule has 0 aliphatic carbocycles. The van der Waals surface area contributed by atoms with Crippen LogP contribution in [0, 0.1) is 5.82 Å². The fourth-order valence-electron chi connectivity index (χ4n) is 1.50. The number of hydrogen-bond donors (Lipinski definition) is 1. The van der Waals surface area contributed by atoms with E-state index in [2.05, 4.69) is 15.9 Å². The summed E-state index contributed by atoms with van der Waals surface area (Å²) in [7, 11) is 0. The normalized spacial score (nSPS) is 12.7. The Labute approximate surface area is 101 Å². The minimum Gasteiger partial charge on any atom is -0.453 e. The minimum absolute atomic E-state index is 0.211. The average molecular weight is 284 g/mol. The fourth-order valence-corrected chi connectivity index (χ4v) is 1.82. The Kier molecular flexibility index (Phi) is 3.41. The van der Waals surface area contributed by atoms with E-state index in [4.69, 9.17) is 10.2 Å². The monoisotopic (exact) mass is 283 g/mol. The van der Waals surface area contributed by atoms with Gasteiger partial charge in [0.05, 0.1) is 6.04 Å². The zero-order valence-corrected chi connectivity index (χ0v) is 10.1. The van der Waals surface area contributed by atoms with Crippen molar-refractivity contribution >= 4 is 15.9 Å². The molecular formula is C12H11BrFNO. The van der Waals surface area contributed by atoms with E-state index in [-0.39, 0.29) is 11.9 Å². The van der Waals surface area contributed by atoms with Crippen molar-refractivity contribution in [1.82, 2.24) is 0 Å². The minimum atomic E-state index is -0.238. The second-order valence-electron chi connectivity index (χ2n) is 3.58. The van der Waals surface area contributed by atoms with Crippen LogP contribution in [0.1, 0.15) is 17.4 Å². The predicted octanol–water partition coefficient (Wildman–Crippen LogP) is 3.42. The summed E-state index contributed by atoms with van der Waals surface area (Å²) >= 11 is 3.22. The first kappa shape index (κ1) is 11.4. The highest BCUT2D eigenvalue weighted by Crippen LogP contribution is 2.21. The number of benzene rings is 1. The first-order valence-electron chi connectivity index (χ1n) is 4.90. The highest BCUT2D eigenvalue weighted by Gasteiger charge is 2.11. The van der Waals surface area contributed by atoms with Gasteiger partial charge in [-0.3, -0.25) is 0 Å². The van der Waals surface area contributed by atoms with Crippen molar-refractivity contribution in [2.75, 3.05) is 0 Å². The Morgan fingerprint density at radius 3 is 2.44 bits per heavy atom. The van der Waals surface area contributed by atoms with Gasteiger partial charge in [0, 0.05) is 0 Å². The van der Waals surface area contributed by atoms with Crippen molar-refractivity contribution in [3.8, 4) is 0 Å². The Bertz CT molecular complexity index is 466. The Balaban J connectivity index is 2.07. The lowest BCUT2D eigenvalue weighted by molar-refractivity contribution is 0.448. The fraction of sp³-hybridized carbons (Fsp3) is 0.167. The van der Waals surface area contributed by atoms with Crippen molar-refractivity contribution in [1.29, 1.82) is 0 Å². The van der Waals surface area contributed by atoms with Gasteiger partial charge in [-0.2, -0.15) is 0 Å². The van der Waals surface area contributed by atoms with Gasteiger partial charge in [-0.05, 0) is 52.2 Å². The van der Waals surface area contributed by atoms with Gasteiger partial charge in [0.25, 0.3) is 0 Å². The average Bonchev–Trinajstić information content (AvgIpc) is 2.68. The van der Waals surface area contributed by atoms with Gasteiger partial charge in [0.15, 0.2) is 4.67 Å². The van der Waals surface area contributed by atoms with E-state index >= 15 is 0 Å². The maximum atomic E-state index is 12.7. The first-order chi connectivity index (χ1) is 7.65. The Morgan fingerprint density at radius 1 is 1.19 bits per heavy atom. The number of halogens is 2. The quantitative estimate of drug-likeness (QED) is 0.938. The van der Waals surface area contributed by atoms with Crippen LogP contribution in [0.4, 0.5) is 4.39 Å². The van der Waals surface area contributed by atoms with Crippen molar-refractivity contribution in [2.45, 2.75) is 12.5 Å². The SMILES string of the molecule is NC(Cc1ccc(F)cc1)c1ccc(Br)o1. The van der Waals surface area contributed by atoms with Gasteiger partial charge < -0.3 is 10.2 Å². The molecule has 1 atom stereocenters. The highest BCUT2D eigenvalue weighted by atomic mass is 79.9. The van der Waals surface area contributed by atoms with E-state index in [1.807, 2.05) is 6.07 Å². The van der Waals surface area contributed by atoms with Gasteiger partial charge in [-0.1, -0.05) is 12.1 Å². The molecule has 0 fully saturated rings. The molecule has 1 aromatic heterocycles. The summed E-state index contributed by atoms with van der Waals surface area (Å²) in [4.78, 5) is 0. The molecule has 2 N–H and O–H groups in total. The molecule has 0 spiro atoms. The Hall–Kier alpha value is -1.13. The predicted molar refractivity (Wildman–Crippen MR) is 63.4 cm³/mol. The molecule has 0 radical (unpaired) electrons. The smallest absolute Gasteiger partial charge is 0.169 e. The van der Waals surface area contributed by atoms with Crippen LogP contribution >= 0.6 is 15.9 Å². The molecule has 4 heteroatoms. The number of hydrogen-bond acceptors (Lipinski definition) is 2. The zero-order valence-electron chi connectivity index (χ0n) is 8.49. The highest BCUT2D eigenvalue weighted by molar-refractivity contribution is 9.10. The molecule has 16 heavy (non-hydrogen) atoms. The molecule has 1 aromatic carbocycles. The zero-order chi connectivity index (χ0) is 11.5. The second kappa shape index (κ2) is 4.80. The molecule has 0 aliphatic heterocycles. The van der Waals surface area contributed by atoms with Gasteiger partial charge >= 0.3 is 0 Å². The van der Waals surface area contributed by atoms with Crippen molar-refractivity contribution in [3.05, 3.63) is 58.2 Å². The summed E-state index contributed by atoms with van der Waals surface area (Å²) in [6.07, 6.45) is 0.625. The standard InChI is InChI=1S/C12H11BrFNO/c13-12-6-5-11(16-12)10(15)7-8-1-3-9(14)4-2-8/h1-6,10H,7,15H2. The molecule has 2 nitrogen and oxygen atoms in total. The molecule has 0 amide bonds. The van der Waals surface area contributed by atoms with Gasteiger partial charge in [-0.25, -0.2) is 4.39 Å². The maximum Gasteiger partial charge on any atom is 0.169 e. The molecule has 2 rings (SSSR count). The molecule has 0 saturated heterocycles. The van der Waals surface area contributed by atoms with Crippen LogP contribution in [-0.2, 0) is 6.42 Å². The largest absolute Gasteiger partial charge is 0.453 e. The van der Waals surface area contributed by atoms with Crippen LogP contribution in [-0.4, -0.2) is 0 Å². The van der Waals surface area contributed by atoms with E-state index in [1.165, 1.54) is 12.1 Å². The molecule has 0 bridgehead atoms. The molecule has 1 heterocycles. The van der Waals surface area contributed by atoms with Crippen molar-refractivity contribution < 1.29 is 8.81 Å². The lowest BCUT2D eigenvalue weighted by atomic mass is 10.1. The molecule has 0 saturated carbocycles. The topological polar surface area (TPSA) is 39.2 Å². The van der Waals surface area contributed by atoms with Crippen molar-refractivity contribution in [3.63, 3.8) is 0 Å². The summed E-state index contributed by atoms with van der Waals surface area (Å²) in [5, 5.41) is 0. The summed E-state index contributed by atoms with van der Waals surface area (Å²) in [6, 6.07) is 9.75. The molecule has 2 aromatic rings. The van der Waals surface area contributed by atoms with Crippen LogP contribution in [0.25, 0.3) is 0 Å². The van der Waals surface area contributed by atoms with E-state index in [9.17, 15) is 4.39 Å². The Morgan fingerprint density at radius 2 is 1.88 bits per heavy atom. The first-order valence-corrected chi connectivity index (χ1v) is 5.70. The molecule has 84 valence electrons. The third-order valence-corrected chi connectivity index (χ3v) is 2.75. The van der Waals surface area contributed by atoms with Crippen LogP contribution in [0.15, 0.2) is 45.5 Å². The number of nitrogens with two attached hydrogens (primary N) is 1. The number of rotatable bonds is 3. The summed E-state index contributed by atoms with van der Waals surface area (Å²) < 4.78 is 18.7.